The summed E-state index contributed by atoms with van der Waals surface area (Å²) in [5.41, 5.74) is 21.0. The molecule has 4 unspecified atom stereocenters. The van der Waals surface area contributed by atoms with Crippen molar-refractivity contribution in [1.29, 1.82) is 0 Å². The van der Waals surface area contributed by atoms with Crippen molar-refractivity contribution in [3.63, 3.8) is 0 Å². The summed E-state index contributed by atoms with van der Waals surface area (Å²) in [4.78, 5) is 64.0. The summed E-state index contributed by atoms with van der Waals surface area (Å²) in [6, 6.07) is -5.00. The van der Waals surface area contributed by atoms with Gasteiger partial charge in [-0.15, -0.1) is 0 Å². The molecule has 13 N–H and O–H groups in total. The Morgan fingerprint density at radius 3 is 1.94 bits per heavy atom. The highest BCUT2D eigenvalue weighted by molar-refractivity contribution is 5.94. The maximum Gasteiger partial charge on any atom is 0.326 e. The van der Waals surface area contributed by atoms with Crippen LogP contribution in [-0.4, -0.2) is 83.1 Å². The molecule has 0 aliphatic heterocycles. The zero-order valence-electron chi connectivity index (χ0n) is 19.3. The number of carbonyl (C=O) groups is 5. The number of hydrogen-bond donors (Lipinski definition) is 9. The number of hydrogen-bond acceptors (Lipinski definition) is 8. The molecule has 0 saturated heterocycles. The van der Waals surface area contributed by atoms with Crippen LogP contribution in [0.15, 0.2) is 4.99 Å². The molecule has 0 radical (unpaired) electrons. The summed E-state index contributed by atoms with van der Waals surface area (Å²) in [6.07, 6.45) is -0.116. The first kappa shape index (κ1) is 30.5. The molecule has 0 fully saturated rings. The number of amides is 4. The molecule has 0 aromatic carbocycles. The van der Waals surface area contributed by atoms with E-state index in [1.165, 1.54) is 0 Å². The van der Waals surface area contributed by atoms with Crippen LogP contribution in [0, 0.1) is 5.92 Å². The minimum absolute atomic E-state index is 0.0347. The highest BCUT2D eigenvalue weighted by atomic mass is 16.4. The van der Waals surface area contributed by atoms with Crippen LogP contribution in [0.3, 0.4) is 0 Å². The summed E-state index contributed by atoms with van der Waals surface area (Å²) < 4.78 is 0. The fourth-order valence-electron chi connectivity index (χ4n) is 2.73. The number of aliphatic imine (C=N–C) groups is 1. The van der Waals surface area contributed by atoms with Gasteiger partial charge in [0, 0.05) is 13.0 Å². The van der Waals surface area contributed by atoms with Gasteiger partial charge >= 0.3 is 5.97 Å². The van der Waals surface area contributed by atoms with E-state index in [4.69, 9.17) is 28.0 Å². The topological polar surface area (TPSA) is 278 Å². The summed E-state index contributed by atoms with van der Waals surface area (Å²) in [5.74, 6) is -5.02. The number of carbonyl (C=O) groups excluding carboxylic acids is 4. The Hall–Kier alpha value is -3.46. The number of primary amides is 1. The first-order valence-electron chi connectivity index (χ1n) is 10.6. The number of nitrogens with two attached hydrogens (primary N) is 4. The van der Waals surface area contributed by atoms with Crippen molar-refractivity contribution >= 4 is 35.6 Å². The number of aliphatic carboxylic acids is 1. The van der Waals surface area contributed by atoms with E-state index < -0.39 is 66.3 Å². The van der Waals surface area contributed by atoms with Crippen LogP contribution in [0.25, 0.3) is 0 Å². The number of nitrogens with zero attached hydrogens (tertiary/aromatic N) is 1. The predicted molar refractivity (Wildman–Crippen MR) is 122 cm³/mol. The van der Waals surface area contributed by atoms with E-state index in [-0.39, 0.29) is 38.2 Å². The fourth-order valence-corrected chi connectivity index (χ4v) is 2.73. The fraction of sp³-hybridized carbons (Fsp3) is 0.684. The van der Waals surface area contributed by atoms with Gasteiger partial charge in [-0.25, -0.2) is 4.79 Å². The lowest BCUT2D eigenvalue weighted by Gasteiger charge is -2.27. The minimum Gasteiger partial charge on any atom is -0.480 e. The van der Waals surface area contributed by atoms with Crippen molar-refractivity contribution < 1.29 is 34.2 Å². The van der Waals surface area contributed by atoms with Crippen molar-refractivity contribution in [3.8, 4) is 0 Å². The summed E-state index contributed by atoms with van der Waals surface area (Å²) >= 11 is 0. The normalized spacial score (nSPS) is 14.3. The molecule has 0 rings (SSSR count). The average Bonchev–Trinajstić information content (AvgIpc) is 2.74. The van der Waals surface area contributed by atoms with Crippen LogP contribution < -0.4 is 38.9 Å². The molecule has 0 aliphatic carbocycles. The van der Waals surface area contributed by atoms with Gasteiger partial charge in [-0.05, 0) is 25.2 Å². The number of aliphatic hydroxyl groups excluding tert-OH is 1. The number of carboxylic acids is 1. The Morgan fingerprint density at radius 1 is 0.882 bits per heavy atom. The van der Waals surface area contributed by atoms with E-state index >= 15 is 0 Å². The van der Waals surface area contributed by atoms with Gasteiger partial charge < -0.3 is 49.1 Å². The molecule has 15 nitrogen and oxygen atoms in total. The first-order valence-corrected chi connectivity index (χ1v) is 10.6. The van der Waals surface area contributed by atoms with Gasteiger partial charge in [0.15, 0.2) is 5.96 Å². The SMILES string of the molecule is CC(C)C(NC(=O)C(CCC(N)=O)NC(=O)C(N)CO)C(=O)NC(CCCN=C(N)N)C(=O)O. The molecule has 0 aromatic rings. The third-order valence-corrected chi connectivity index (χ3v) is 4.65. The van der Waals surface area contributed by atoms with Gasteiger partial charge in [0.2, 0.25) is 23.6 Å². The standard InChI is InChI=1S/C19H36N8O7/c1-9(2)14(17(32)26-12(18(33)34)4-3-7-24-19(22)23)27-16(31)11(5-6-13(21)29)25-15(30)10(20)8-28/h9-12,14,28H,3-8,20H2,1-2H3,(H2,21,29)(H,25,30)(H,26,32)(H,27,31)(H,33,34)(H4,22,23,24). The number of nitrogens with one attached hydrogen (secondary N) is 3. The van der Waals surface area contributed by atoms with Gasteiger partial charge in [0.1, 0.15) is 24.2 Å². The maximum atomic E-state index is 12.8. The van der Waals surface area contributed by atoms with Gasteiger partial charge in [-0.1, -0.05) is 13.8 Å². The van der Waals surface area contributed by atoms with Crippen LogP contribution in [0.5, 0.6) is 0 Å². The zero-order chi connectivity index (χ0) is 26.4. The predicted octanol–water partition coefficient (Wildman–Crippen LogP) is -4.18. The van der Waals surface area contributed by atoms with Crippen molar-refractivity contribution in [2.24, 2.45) is 33.8 Å². The van der Waals surface area contributed by atoms with Gasteiger partial charge in [0.25, 0.3) is 0 Å². The lowest BCUT2D eigenvalue weighted by atomic mass is 10.0. The lowest BCUT2D eigenvalue weighted by molar-refractivity contribution is -0.142. The smallest absolute Gasteiger partial charge is 0.326 e. The van der Waals surface area contributed by atoms with Gasteiger partial charge in [-0.3, -0.25) is 24.2 Å². The monoisotopic (exact) mass is 488 g/mol. The first-order chi connectivity index (χ1) is 15.8. The molecule has 4 atom stereocenters. The molecule has 0 aromatic heterocycles. The van der Waals surface area contributed by atoms with Crippen LogP contribution in [0.2, 0.25) is 0 Å². The molecule has 15 heteroatoms. The van der Waals surface area contributed by atoms with E-state index in [9.17, 15) is 29.1 Å². The summed E-state index contributed by atoms with van der Waals surface area (Å²) in [6.45, 7) is 2.74. The molecule has 0 saturated carbocycles. The van der Waals surface area contributed by atoms with Crippen LogP contribution in [-0.2, 0) is 24.0 Å². The summed E-state index contributed by atoms with van der Waals surface area (Å²) in [7, 11) is 0. The number of rotatable bonds is 16. The van der Waals surface area contributed by atoms with E-state index in [1.54, 1.807) is 13.8 Å². The third-order valence-electron chi connectivity index (χ3n) is 4.65. The van der Waals surface area contributed by atoms with E-state index in [0.29, 0.717) is 0 Å². The Labute approximate surface area is 197 Å². The Kier molecular flexibility index (Phi) is 13.8. The van der Waals surface area contributed by atoms with Crippen LogP contribution >= 0.6 is 0 Å². The average molecular weight is 489 g/mol. The molecule has 0 aliphatic rings. The largest absolute Gasteiger partial charge is 0.480 e. The second kappa shape index (κ2) is 15.4. The Morgan fingerprint density at radius 2 is 1.47 bits per heavy atom. The summed E-state index contributed by atoms with van der Waals surface area (Å²) in [5, 5.41) is 25.6. The number of carboxylic acid groups (broad SMARTS) is 1. The Bertz CT molecular complexity index is 755. The van der Waals surface area contributed by atoms with E-state index in [1.807, 2.05) is 0 Å². The minimum atomic E-state index is -1.30. The molecule has 194 valence electrons. The molecule has 0 heterocycles. The Balaban J connectivity index is 5.37. The number of aliphatic hydroxyl groups is 1. The van der Waals surface area contributed by atoms with E-state index in [2.05, 4.69) is 20.9 Å². The molecule has 0 bridgehead atoms. The van der Waals surface area contributed by atoms with Gasteiger partial charge in [-0.2, -0.15) is 0 Å². The van der Waals surface area contributed by atoms with Gasteiger partial charge in [0.05, 0.1) is 6.61 Å². The quantitative estimate of drug-likeness (QED) is 0.0573. The second-order valence-corrected chi connectivity index (χ2v) is 7.93. The zero-order valence-corrected chi connectivity index (χ0v) is 19.3. The molecule has 34 heavy (non-hydrogen) atoms. The lowest BCUT2D eigenvalue weighted by Crippen LogP contribution is -2.58. The van der Waals surface area contributed by atoms with Crippen LogP contribution in [0.4, 0.5) is 0 Å². The molecule has 0 spiro atoms. The van der Waals surface area contributed by atoms with Crippen molar-refractivity contribution in [2.75, 3.05) is 13.2 Å². The van der Waals surface area contributed by atoms with Crippen molar-refractivity contribution in [1.82, 2.24) is 16.0 Å². The molecule has 4 amide bonds. The third kappa shape index (κ3) is 12.0. The molecular formula is C19H36N8O7. The van der Waals surface area contributed by atoms with Crippen molar-refractivity contribution in [2.45, 2.75) is 63.7 Å². The molecular weight excluding hydrogens is 452 g/mol. The maximum absolute atomic E-state index is 12.8. The van der Waals surface area contributed by atoms with Crippen molar-refractivity contribution in [3.05, 3.63) is 0 Å². The highest BCUT2D eigenvalue weighted by Crippen LogP contribution is 2.07. The second-order valence-electron chi connectivity index (χ2n) is 7.93. The number of guanidine groups is 1. The van der Waals surface area contributed by atoms with E-state index in [0.717, 1.165) is 0 Å². The van der Waals surface area contributed by atoms with Crippen LogP contribution in [0.1, 0.15) is 39.5 Å². The highest BCUT2D eigenvalue weighted by Gasteiger charge is 2.31.